The quantitative estimate of drug-likeness (QED) is 0.715. The molecule has 3 unspecified atom stereocenters. The topological polar surface area (TPSA) is 69.6 Å². The predicted octanol–water partition coefficient (Wildman–Crippen LogP) is 1.40. The van der Waals surface area contributed by atoms with Crippen molar-refractivity contribution in [1.29, 1.82) is 0 Å². The summed E-state index contributed by atoms with van der Waals surface area (Å²) < 4.78 is 0. The summed E-state index contributed by atoms with van der Waals surface area (Å²) in [5, 5.41) is 21.7. The molecular weight excluding hydrogens is 262 g/mol. The van der Waals surface area contributed by atoms with Crippen LogP contribution in [0.25, 0.3) is 0 Å². The molecular formula is C14H27NO3S. The minimum absolute atomic E-state index is 0.217. The SMILES string of the molecule is CC(C)(C)CC(C)(C)CSCC1NC(=O)C(O)C1O. The van der Waals surface area contributed by atoms with Crippen LogP contribution in [0.1, 0.15) is 41.0 Å². The molecule has 1 rings (SSSR count). The zero-order valence-electron chi connectivity index (χ0n) is 12.6. The van der Waals surface area contributed by atoms with Crippen LogP contribution in [0.3, 0.4) is 0 Å². The lowest BCUT2D eigenvalue weighted by atomic mass is 9.77. The summed E-state index contributed by atoms with van der Waals surface area (Å²) in [4.78, 5) is 11.2. The van der Waals surface area contributed by atoms with E-state index in [1.165, 1.54) is 0 Å². The number of carbonyl (C=O) groups excluding carboxylic acids is 1. The van der Waals surface area contributed by atoms with Gasteiger partial charge in [0.25, 0.3) is 5.91 Å². The van der Waals surface area contributed by atoms with Crippen molar-refractivity contribution in [2.75, 3.05) is 11.5 Å². The highest BCUT2D eigenvalue weighted by Gasteiger charge is 2.39. The van der Waals surface area contributed by atoms with Crippen LogP contribution in [0, 0.1) is 10.8 Å². The first-order chi connectivity index (χ1) is 8.52. The summed E-state index contributed by atoms with van der Waals surface area (Å²) in [7, 11) is 0. The molecule has 0 bridgehead atoms. The van der Waals surface area contributed by atoms with Crippen LogP contribution in [0.15, 0.2) is 0 Å². The Morgan fingerprint density at radius 1 is 1.21 bits per heavy atom. The van der Waals surface area contributed by atoms with Crippen molar-refractivity contribution >= 4 is 17.7 Å². The van der Waals surface area contributed by atoms with Crippen LogP contribution in [0.2, 0.25) is 0 Å². The lowest BCUT2D eigenvalue weighted by molar-refractivity contribution is -0.128. The summed E-state index contributed by atoms with van der Waals surface area (Å²) in [5.41, 5.74) is 0.510. The largest absolute Gasteiger partial charge is 0.388 e. The van der Waals surface area contributed by atoms with Crippen molar-refractivity contribution in [3.8, 4) is 0 Å². The molecule has 112 valence electrons. The molecule has 1 fully saturated rings. The van der Waals surface area contributed by atoms with Gasteiger partial charge in [0.15, 0.2) is 6.10 Å². The van der Waals surface area contributed by atoms with E-state index in [1.54, 1.807) is 11.8 Å². The first-order valence-corrected chi connectivity index (χ1v) is 7.92. The third kappa shape index (κ3) is 5.32. The van der Waals surface area contributed by atoms with E-state index in [2.05, 4.69) is 39.9 Å². The van der Waals surface area contributed by atoms with Crippen LogP contribution in [0.5, 0.6) is 0 Å². The molecule has 0 aliphatic carbocycles. The molecule has 19 heavy (non-hydrogen) atoms. The van der Waals surface area contributed by atoms with Crippen molar-refractivity contribution in [3.63, 3.8) is 0 Å². The molecule has 1 amide bonds. The van der Waals surface area contributed by atoms with Gasteiger partial charge in [-0.15, -0.1) is 0 Å². The van der Waals surface area contributed by atoms with Gasteiger partial charge in [-0.3, -0.25) is 4.79 Å². The molecule has 1 saturated heterocycles. The predicted molar refractivity (Wildman–Crippen MR) is 79.1 cm³/mol. The number of hydrogen-bond donors (Lipinski definition) is 3. The van der Waals surface area contributed by atoms with Gasteiger partial charge in [0.05, 0.1) is 6.04 Å². The number of nitrogens with one attached hydrogen (secondary N) is 1. The van der Waals surface area contributed by atoms with Crippen LogP contribution in [0.4, 0.5) is 0 Å². The van der Waals surface area contributed by atoms with E-state index in [9.17, 15) is 15.0 Å². The molecule has 0 aromatic rings. The fourth-order valence-corrected chi connectivity index (χ4v) is 4.12. The Bertz CT molecular complexity index is 325. The average molecular weight is 289 g/mol. The molecule has 1 aliphatic rings. The van der Waals surface area contributed by atoms with Crippen molar-refractivity contribution in [2.45, 2.75) is 59.3 Å². The summed E-state index contributed by atoms with van der Waals surface area (Å²) in [6, 6.07) is -0.335. The standard InChI is InChI=1S/C14H27NO3S/c1-13(2,3)7-14(4,5)8-19-6-9-10(16)11(17)12(18)15-9/h9-11,16-17H,6-8H2,1-5H3,(H,15,18). The molecule has 3 N–H and O–H groups in total. The van der Waals surface area contributed by atoms with Gasteiger partial charge in [0.1, 0.15) is 6.10 Å². The Morgan fingerprint density at radius 2 is 1.79 bits per heavy atom. The fourth-order valence-electron chi connectivity index (χ4n) is 2.82. The monoisotopic (exact) mass is 289 g/mol. The van der Waals surface area contributed by atoms with Crippen LogP contribution in [-0.4, -0.2) is 45.9 Å². The molecule has 1 heterocycles. The van der Waals surface area contributed by atoms with Gasteiger partial charge in [-0.2, -0.15) is 11.8 Å². The van der Waals surface area contributed by atoms with Crippen molar-refractivity contribution < 1.29 is 15.0 Å². The molecule has 0 aromatic heterocycles. The Kier molecular flexibility index (Phi) is 5.32. The highest BCUT2D eigenvalue weighted by atomic mass is 32.2. The molecule has 0 spiro atoms. The maximum Gasteiger partial charge on any atom is 0.251 e. The Labute approximate surface area is 120 Å². The smallest absolute Gasteiger partial charge is 0.251 e. The molecule has 5 heteroatoms. The maximum absolute atomic E-state index is 11.2. The summed E-state index contributed by atoms with van der Waals surface area (Å²) in [5.74, 6) is 1.14. The molecule has 4 nitrogen and oxygen atoms in total. The van der Waals surface area contributed by atoms with E-state index in [-0.39, 0.29) is 11.5 Å². The van der Waals surface area contributed by atoms with Gasteiger partial charge < -0.3 is 15.5 Å². The van der Waals surface area contributed by atoms with E-state index in [0.717, 1.165) is 12.2 Å². The zero-order chi connectivity index (χ0) is 14.8. The van der Waals surface area contributed by atoms with Crippen molar-refractivity contribution in [1.82, 2.24) is 5.32 Å². The average Bonchev–Trinajstić information content (AvgIpc) is 2.42. The lowest BCUT2D eigenvalue weighted by Crippen LogP contribution is -2.35. The number of rotatable bonds is 5. The molecule has 0 saturated carbocycles. The van der Waals surface area contributed by atoms with Crippen molar-refractivity contribution in [3.05, 3.63) is 0 Å². The van der Waals surface area contributed by atoms with E-state index >= 15 is 0 Å². The third-order valence-electron chi connectivity index (χ3n) is 3.13. The van der Waals surface area contributed by atoms with Crippen molar-refractivity contribution in [2.24, 2.45) is 10.8 Å². The zero-order valence-corrected chi connectivity index (χ0v) is 13.4. The van der Waals surface area contributed by atoms with Gasteiger partial charge in [0.2, 0.25) is 0 Å². The highest BCUT2D eigenvalue weighted by Crippen LogP contribution is 2.35. The number of aliphatic hydroxyl groups excluding tert-OH is 2. The molecule has 0 radical (unpaired) electrons. The van der Waals surface area contributed by atoms with Crippen LogP contribution in [-0.2, 0) is 4.79 Å². The van der Waals surface area contributed by atoms with Crippen LogP contribution < -0.4 is 5.32 Å². The number of hydrogen-bond acceptors (Lipinski definition) is 4. The van der Waals surface area contributed by atoms with E-state index in [1.807, 2.05) is 0 Å². The summed E-state index contributed by atoms with van der Waals surface area (Å²) in [6.45, 7) is 11.2. The minimum atomic E-state index is -1.27. The normalized spacial score (nSPS) is 28.6. The van der Waals surface area contributed by atoms with Gasteiger partial charge >= 0.3 is 0 Å². The summed E-state index contributed by atoms with van der Waals surface area (Å²) in [6.07, 6.45) is -1.13. The Morgan fingerprint density at radius 3 is 2.21 bits per heavy atom. The summed E-state index contributed by atoms with van der Waals surface area (Å²) >= 11 is 1.72. The Balaban J connectivity index is 2.36. The van der Waals surface area contributed by atoms with E-state index in [4.69, 9.17) is 0 Å². The maximum atomic E-state index is 11.2. The van der Waals surface area contributed by atoms with E-state index in [0.29, 0.717) is 11.2 Å². The fraction of sp³-hybridized carbons (Fsp3) is 0.929. The lowest BCUT2D eigenvalue weighted by Gasteiger charge is -2.32. The van der Waals surface area contributed by atoms with Gasteiger partial charge in [-0.05, 0) is 23.0 Å². The minimum Gasteiger partial charge on any atom is -0.388 e. The Hall–Kier alpha value is -0.260. The first-order valence-electron chi connectivity index (χ1n) is 6.76. The number of amides is 1. The van der Waals surface area contributed by atoms with Gasteiger partial charge in [0, 0.05) is 5.75 Å². The second-order valence-electron chi connectivity index (χ2n) is 7.47. The molecule has 3 atom stereocenters. The van der Waals surface area contributed by atoms with Gasteiger partial charge in [-0.1, -0.05) is 34.6 Å². The second-order valence-corrected chi connectivity index (χ2v) is 8.50. The van der Waals surface area contributed by atoms with Gasteiger partial charge in [-0.25, -0.2) is 0 Å². The molecule has 0 aromatic carbocycles. The second kappa shape index (κ2) is 6.02. The van der Waals surface area contributed by atoms with E-state index < -0.39 is 18.1 Å². The number of thioether (sulfide) groups is 1. The van der Waals surface area contributed by atoms with Crippen LogP contribution >= 0.6 is 11.8 Å². The number of carbonyl (C=O) groups is 1. The third-order valence-corrected chi connectivity index (χ3v) is 4.71. The highest BCUT2D eigenvalue weighted by molar-refractivity contribution is 7.99. The number of aliphatic hydroxyl groups is 2. The molecule has 1 aliphatic heterocycles. The first kappa shape index (κ1) is 16.8.